The molecule has 1 aliphatic heterocycles. The third-order valence-corrected chi connectivity index (χ3v) is 6.26. The first-order chi connectivity index (χ1) is 13.5. The molecule has 1 atom stereocenters. The lowest BCUT2D eigenvalue weighted by atomic mass is 9.93. The fourth-order valence-corrected chi connectivity index (χ4v) is 4.26. The molecular weight excluding hydrogens is 355 g/mol. The van der Waals surface area contributed by atoms with Gasteiger partial charge in [-0.3, -0.25) is 9.69 Å². The summed E-state index contributed by atoms with van der Waals surface area (Å²) in [6.45, 7) is 5.29. The average Bonchev–Trinajstić information content (AvgIpc) is 3.55. The fraction of sp³-hybridized carbons (Fsp3) is 0.435. The van der Waals surface area contributed by atoms with Crippen LogP contribution in [0.5, 0.6) is 5.75 Å². The van der Waals surface area contributed by atoms with Gasteiger partial charge < -0.3 is 9.64 Å². The van der Waals surface area contributed by atoms with Crippen molar-refractivity contribution in [1.82, 2.24) is 9.80 Å². The Morgan fingerprint density at radius 2 is 1.79 bits per heavy atom. The SMILES string of the molecule is COc1cccc(C(C)N2CCN(C(=O)C3(c4cccc(F)c4)CC3)CC2)c1. The Bertz CT molecular complexity index is 857. The van der Waals surface area contributed by atoms with Crippen LogP contribution in [0.3, 0.4) is 0 Å². The Balaban J connectivity index is 1.40. The first kappa shape index (κ1) is 18.9. The van der Waals surface area contributed by atoms with E-state index in [4.69, 9.17) is 4.74 Å². The predicted molar refractivity (Wildman–Crippen MR) is 107 cm³/mol. The van der Waals surface area contributed by atoms with Gasteiger partial charge in [0.2, 0.25) is 5.91 Å². The minimum atomic E-state index is -0.497. The van der Waals surface area contributed by atoms with Gasteiger partial charge in [-0.05, 0) is 55.2 Å². The van der Waals surface area contributed by atoms with Gasteiger partial charge in [-0.1, -0.05) is 24.3 Å². The highest BCUT2D eigenvalue weighted by Crippen LogP contribution is 2.49. The summed E-state index contributed by atoms with van der Waals surface area (Å²) >= 11 is 0. The lowest BCUT2D eigenvalue weighted by molar-refractivity contribution is -0.136. The number of halogens is 1. The molecule has 2 aromatic rings. The summed E-state index contributed by atoms with van der Waals surface area (Å²) in [6, 6.07) is 15.0. The van der Waals surface area contributed by atoms with Crippen molar-refractivity contribution in [2.45, 2.75) is 31.2 Å². The number of methoxy groups -OCH3 is 1. The summed E-state index contributed by atoms with van der Waals surface area (Å²) in [7, 11) is 1.68. The summed E-state index contributed by atoms with van der Waals surface area (Å²) in [6.07, 6.45) is 1.63. The number of amides is 1. The van der Waals surface area contributed by atoms with Gasteiger partial charge in [0.25, 0.3) is 0 Å². The largest absolute Gasteiger partial charge is 0.497 e. The summed E-state index contributed by atoms with van der Waals surface area (Å²) in [5, 5.41) is 0. The molecule has 2 fully saturated rings. The van der Waals surface area contributed by atoms with Crippen LogP contribution in [-0.2, 0) is 10.2 Å². The van der Waals surface area contributed by atoms with Gasteiger partial charge in [-0.15, -0.1) is 0 Å². The van der Waals surface area contributed by atoms with Gasteiger partial charge in [-0.25, -0.2) is 4.39 Å². The van der Waals surface area contributed by atoms with E-state index < -0.39 is 5.41 Å². The van der Waals surface area contributed by atoms with Gasteiger partial charge in [0.05, 0.1) is 12.5 Å². The number of benzene rings is 2. The molecule has 148 valence electrons. The monoisotopic (exact) mass is 382 g/mol. The standard InChI is InChI=1S/C23H27FN2O2/c1-17(18-5-3-8-21(15-18)28-2)25-11-13-26(14-12-25)22(27)23(9-10-23)19-6-4-7-20(24)16-19/h3-8,15-17H,9-14H2,1-2H3. The van der Waals surface area contributed by atoms with Crippen LogP contribution in [0.2, 0.25) is 0 Å². The number of carbonyl (C=O) groups is 1. The quantitative estimate of drug-likeness (QED) is 0.789. The zero-order chi connectivity index (χ0) is 19.7. The summed E-state index contributed by atoms with van der Waals surface area (Å²) in [4.78, 5) is 17.6. The molecule has 1 saturated heterocycles. The Labute approximate surface area is 165 Å². The van der Waals surface area contributed by atoms with E-state index in [2.05, 4.69) is 24.0 Å². The zero-order valence-corrected chi connectivity index (χ0v) is 16.5. The molecule has 5 heteroatoms. The maximum atomic E-state index is 13.6. The van der Waals surface area contributed by atoms with Crippen molar-refractivity contribution in [3.8, 4) is 5.75 Å². The number of rotatable bonds is 5. The Morgan fingerprint density at radius 1 is 1.07 bits per heavy atom. The molecule has 4 rings (SSSR count). The number of piperazine rings is 1. The predicted octanol–water partition coefficient (Wildman–Crippen LogP) is 3.77. The first-order valence-corrected chi connectivity index (χ1v) is 9.97. The van der Waals surface area contributed by atoms with Crippen molar-refractivity contribution >= 4 is 5.91 Å². The summed E-state index contributed by atoms with van der Waals surface area (Å²) < 4.78 is 19.0. The van der Waals surface area contributed by atoms with E-state index in [-0.39, 0.29) is 17.8 Å². The summed E-state index contributed by atoms with van der Waals surface area (Å²) in [5.41, 5.74) is 1.55. The second-order valence-electron chi connectivity index (χ2n) is 7.87. The van der Waals surface area contributed by atoms with E-state index in [1.54, 1.807) is 13.2 Å². The fourth-order valence-electron chi connectivity index (χ4n) is 4.26. The van der Waals surface area contributed by atoms with Crippen molar-refractivity contribution < 1.29 is 13.9 Å². The van der Waals surface area contributed by atoms with Crippen LogP contribution >= 0.6 is 0 Å². The van der Waals surface area contributed by atoms with Gasteiger partial charge in [-0.2, -0.15) is 0 Å². The molecule has 2 aromatic carbocycles. The van der Waals surface area contributed by atoms with E-state index >= 15 is 0 Å². The van der Waals surface area contributed by atoms with Crippen molar-refractivity contribution in [2.75, 3.05) is 33.3 Å². The second kappa shape index (κ2) is 7.55. The smallest absolute Gasteiger partial charge is 0.233 e. The van der Waals surface area contributed by atoms with E-state index in [1.807, 2.05) is 23.1 Å². The Kier molecular flexibility index (Phi) is 5.11. The molecule has 1 aliphatic carbocycles. The molecule has 1 unspecified atom stereocenters. The van der Waals surface area contributed by atoms with Crippen LogP contribution in [0, 0.1) is 5.82 Å². The number of ether oxygens (including phenoxy) is 1. The van der Waals surface area contributed by atoms with E-state index in [9.17, 15) is 9.18 Å². The van der Waals surface area contributed by atoms with Crippen molar-refractivity contribution in [3.05, 3.63) is 65.5 Å². The molecule has 0 aromatic heterocycles. The first-order valence-electron chi connectivity index (χ1n) is 9.97. The second-order valence-corrected chi connectivity index (χ2v) is 7.87. The maximum absolute atomic E-state index is 13.6. The highest BCUT2D eigenvalue weighted by molar-refractivity contribution is 5.91. The number of carbonyl (C=O) groups excluding carboxylic acids is 1. The van der Waals surface area contributed by atoms with Gasteiger partial charge in [0.1, 0.15) is 11.6 Å². The lowest BCUT2D eigenvalue weighted by Crippen LogP contribution is -2.51. The van der Waals surface area contributed by atoms with Crippen molar-refractivity contribution in [2.24, 2.45) is 0 Å². The zero-order valence-electron chi connectivity index (χ0n) is 16.5. The molecule has 28 heavy (non-hydrogen) atoms. The Morgan fingerprint density at radius 3 is 2.43 bits per heavy atom. The van der Waals surface area contributed by atoms with Crippen LogP contribution in [0.15, 0.2) is 48.5 Å². The molecule has 0 bridgehead atoms. The maximum Gasteiger partial charge on any atom is 0.233 e. The van der Waals surface area contributed by atoms with Gasteiger partial charge >= 0.3 is 0 Å². The minimum Gasteiger partial charge on any atom is -0.497 e. The number of hydrogen-bond donors (Lipinski definition) is 0. The molecule has 0 N–H and O–H groups in total. The molecule has 1 saturated carbocycles. The lowest BCUT2D eigenvalue weighted by Gasteiger charge is -2.39. The normalized spacial score (nSPS) is 19.9. The third kappa shape index (κ3) is 3.51. The Hall–Kier alpha value is -2.40. The van der Waals surface area contributed by atoms with Crippen molar-refractivity contribution in [1.29, 1.82) is 0 Å². The minimum absolute atomic E-state index is 0.159. The molecule has 1 heterocycles. The van der Waals surface area contributed by atoms with Crippen LogP contribution in [0.1, 0.15) is 36.9 Å². The molecular formula is C23H27FN2O2. The molecule has 2 aliphatic rings. The summed E-state index contributed by atoms with van der Waals surface area (Å²) in [5.74, 6) is 0.754. The van der Waals surface area contributed by atoms with E-state index in [0.29, 0.717) is 13.1 Å². The highest BCUT2D eigenvalue weighted by atomic mass is 19.1. The highest BCUT2D eigenvalue weighted by Gasteiger charge is 2.53. The van der Waals surface area contributed by atoms with Crippen LogP contribution < -0.4 is 4.74 Å². The molecule has 4 nitrogen and oxygen atoms in total. The molecule has 0 radical (unpaired) electrons. The molecule has 0 spiro atoms. The van der Waals surface area contributed by atoms with Gasteiger partial charge in [0, 0.05) is 32.2 Å². The van der Waals surface area contributed by atoms with Gasteiger partial charge in [0.15, 0.2) is 0 Å². The van der Waals surface area contributed by atoms with Crippen LogP contribution in [-0.4, -0.2) is 49.0 Å². The number of hydrogen-bond acceptors (Lipinski definition) is 3. The van der Waals surface area contributed by atoms with E-state index in [0.717, 1.165) is 37.2 Å². The third-order valence-electron chi connectivity index (χ3n) is 6.26. The topological polar surface area (TPSA) is 32.8 Å². The van der Waals surface area contributed by atoms with Crippen LogP contribution in [0.4, 0.5) is 4.39 Å². The number of nitrogens with zero attached hydrogens (tertiary/aromatic N) is 2. The van der Waals surface area contributed by atoms with E-state index in [1.165, 1.54) is 17.7 Å². The average molecular weight is 382 g/mol. The van der Waals surface area contributed by atoms with Crippen molar-refractivity contribution in [3.63, 3.8) is 0 Å². The molecule has 1 amide bonds. The van der Waals surface area contributed by atoms with Crippen LogP contribution in [0.25, 0.3) is 0 Å².